The average Bonchev–Trinajstić information content (AvgIpc) is 2.09. The van der Waals surface area contributed by atoms with Gasteiger partial charge in [0.15, 0.2) is 0 Å². The predicted octanol–water partition coefficient (Wildman–Crippen LogP) is 1.39. The molecule has 0 atom stereocenters. The first-order valence-electron chi connectivity index (χ1n) is 4.32. The fraction of sp³-hybridized carbons (Fsp3) is 0.400. The van der Waals surface area contributed by atoms with Gasteiger partial charge in [-0.3, -0.25) is 11.3 Å². The third kappa shape index (κ3) is 3.03. The SMILES string of the molecule is Cc1ccc(CCCNN)cc1. The van der Waals surface area contributed by atoms with Crippen LogP contribution in [0.2, 0.25) is 0 Å². The monoisotopic (exact) mass is 164 g/mol. The van der Waals surface area contributed by atoms with Crippen molar-refractivity contribution >= 4 is 0 Å². The maximum atomic E-state index is 5.17. The highest BCUT2D eigenvalue weighted by atomic mass is 15.2. The topological polar surface area (TPSA) is 38.0 Å². The zero-order chi connectivity index (χ0) is 8.81. The summed E-state index contributed by atoms with van der Waals surface area (Å²) < 4.78 is 0. The van der Waals surface area contributed by atoms with Crippen LogP contribution in [-0.4, -0.2) is 6.54 Å². The Morgan fingerprint density at radius 3 is 2.50 bits per heavy atom. The molecule has 0 unspecified atom stereocenters. The molecule has 0 heterocycles. The Hall–Kier alpha value is -0.860. The van der Waals surface area contributed by atoms with Crippen molar-refractivity contribution in [2.75, 3.05) is 6.54 Å². The van der Waals surface area contributed by atoms with Crippen LogP contribution in [0.4, 0.5) is 0 Å². The van der Waals surface area contributed by atoms with Crippen molar-refractivity contribution in [3.8, 4) is 0 Å². The van der Waals surface area contributed by atoms with Crippen molar-refractivity contribution in [1.29, 1.82) is 0 Å². The van der Waals surface area contributed by atoms with Crippen LogP contribution in [0, 0.1) is 6.92 Å². The lowest BCUT2D eigenvalue weighted by atomic mass is 10.1. The molecule has 1 aromatic carbocycles. The molecule has 12 heavy (non-hydrogen) atoms. The van der Waals surface area contributed by atoms with Crippen molar-refractivity contribution < 1.29 is 0 Å². The van der Waals surface area contributed by atoms with Gasteiger partial charge < -0.3 is 0 Å². The molecule has 0 amide bonds. The molecular formula is C10H16N2. The number of hydrazine groups is 1. The van der Waals surface area contributed by atoms with E-state index in [-0.39, 0.29) is 0 Å². The van der Waals surface area contributed by atoms with Crippen LogP contribution in [0.25, 0.3) is 0 Å². The summed E-state index contributed by atoms with van der Waals surface area (Å²) >= 11 is 0. The Kier molecular flexibility index (Phi) is 3.77. The second-order valence-corrected chi connectivity index (χ2v) is 3.04. The first-order valence-corrected chi connectivity index (χ1v) is 4.32. The van der Waals surface area contributed by atoms with Crippen molar-refractivity contribution in [3.05, 3.63) is 35.4 Å². The highest BCUT2D eigenvalue weighted by Gasteiger charge is 1.91. The molecule has 0 aliphatic rings. The van der Waals surface area contributed by atoms with Gasteiger partial charge in [-0.2, -0.15) is 0 Å². The fourth-order valence-electron chi connectivity index (χ4n) is 1.15. The molecule has 0 spiro atoms. The highest BCUT2D eigenvalue weighted by Crippen LogP contribution is 2.04. The predicted molar refractivity (Wildman–Crippen MR) is 51.7 cm³/mol. The summed E-state index contributed by atoms with van der Waals surface area (Å²) in [6, 6.07) is 8.63. The molecule has 0 fully saturated rings. The van der Waals surface area contributed by atoms with Gasteiger partial charge in [-0.25, -0.2) is 0 Å². The molecular weight excluding hydrogens is 148 g/mol. The molecule has 0 saturated heterocycles. The smallest absolute Gasteiger partial charge is 0.0101 e. The first-order chi connectivity index (χ1) is 5.83. The van der Waals surface area contributed by atoms with Gasteiger partial charge in [0, 0.05) is 6.54 Å². The van der Waals surface area contributed by atoms with Gasteiger partial charge in [-0.15, -0.1) is 0 Å². The van der Waals surface area contributed by atoms with E-state index in [4.69, 9.17) is 5.84 Å². The lowest BCUT2D eigenvalue weighted by molar-refractivity contribution is 0.680. The Labute approximate surface area is 73.8 Å². The fourth-order valence-corrected chi connectivity index (χ4v) is 1.15. The number of nitrogens with two attached hydrogens (primary N) is 1. The van der Waals surface area contributed by atoms with E-state index in [1.165, 1.54) is 11.1 Å². The maximum Gasteiger partial charge on any atom is 0.0101 e. The van der Waals surface area contributed by atoms with Crippen LogP contribution in [0.15, 0.2) is 24.3 Å². The summed E-state index contributed by atoms with van der Waals surface area (Å²) in [6.07, 6.45) is 2.20. The Morgan fingerprint density at radius 1 is 1.25 bits per heavy atom. The summed E-state index contributed by atoms with van der Waals surface area (Å²) in [5.74, 6) is 5.17. The van der Waals surface area contributed by atoms with E-state index in [0.29, 0.717) is 0 Å². The third-order valence-corrected chi connectivity index (χ3v) is 1.91. The van der Waals surface area contributed by atoms with Crippen LogP contribution in [0.1, 0.15) is 17.5 Å². The van der Waals surface area contributed by atoms with Gasteiger partial charge in [0.1, 0.15) is 0 Å². The van der Waals surface area contributed by atoms with E-state index >= 15 is 0 Å². The highest BCUT2D eigenvalue weighted by molar-refractivity contribution is 5.21. The van der Waals surface area contributed by atoms with Gasteiger partial charge in [0.25, 0.3) is 0 Å². The molecule has 0 radical (unpaired) electrons. The molecule has 66 valence electrons. The number of hydrogen-bond donors (Lipinski definition) is 2. The second-order valence-electron chi connectivity index (χ2n) is 3.04. The molecule has 3 N–H and O–H groups in total. The van der Waals surface area contributed by atoms with E-state index in [9.17, 15) is 0 Å². The van der Waals surface area contributed by atoms with E-state index in [0.717, 1.165) is 19.4 Å². The van der Waals surface area contributed by atoms with Crippen LogP contribution in [-0.2, 0) is 6.42 Å². The molecule has 2 nitrogen and oxygen atoms in total. The van der Waals surface area contributed by atoms with Gasteiger partial charge in [-0.05, 0) is 25.3 Å². The summed E-state index contributed by atoms with van der Waals surface area (Å²) in [6.45, 7) is 2.99. The first kappa shape index (κ1) is 9.23. The molecule has 0 aromatic heterocycles. The molecule has 1 rings (SSSR count). The third-order valence-electron chi connectivity index (χ3n) is 1.91. The van der Waals surface area contributed by atoms with Gasteiger partial charge in [0.2, 0.25) is 0 Å². The van der Waals surface area contributed by atoms with E-state index < -0.39 is 0 Å². The summed E-state index contributed by atoms with van der Waals surface area (Å²) in [5.41, 5.74) is 5.35. The van der Waals surface area contributed by atoms with Crippen molar-refractivity contribution in [2.45, 2.75) is 19.8 Å². The zero-order valence-electron chi connectivity index (χ0n) is 7.51. The van der Waals surface area contributed by atoms with Crippen LogP contribution >= 0.6 is 0 Å². The van der Waals surface area contributed by atoms with Crippen LogP contribution < -0.4 is 11.3 Å². The molecule has 0 saturated carbocycles. The lowest BCUT2D eigenvalue weighted by Crippen LogP contribution is -2.23. The summed E-state index contributed by atoms with van der Waals surface area (Å²) in [4.78, 5) is 0. The Bertz CT molecular complexity index is 216. The number of benzene rings is 1. The summed E-state index contributed by atoms with van der Waals surface area (Å²) in [7, 11) is 0. The average molecular weight is 164 g/mol. The van der Waals surface area contributed by atoms with Crippen LogP contribution in [0.3, 0.4) is 0 Å². The minimum Gasteiger partial charge on any atom is -0.271 e. The Morgan fingerprint density at radius 2 is 1.92 bits per heavy atom. The lowest BCUT2D eigenvalue weighted by Gasteiger charge is -2.00. The minimum absolute atomic E-state index is 0.883. The quantitative estimate of drug-likeness (QED) is 0.401. The number of hydrogen-bond acceptors (Lipinski definition) is 2. The van der Waals surface area contributed by atoms with Crippen molar-refractivity contribution in [2.24, 2.45) is 5.84 Å². The molecule has 1 aromatic rings. The minimum atomic E-state index is 0.883. The van der Waals surface area contributed by atoms with Crippen molar-refractivity contribution in [1.82, 2.24) is 5.43 Å². The van der Waals surface area contributed by atoms with E-state index in [1.807, 2.05) is 0 Å². The number of rotatable bonds is 4. The van der Waals surface area contributed by atoms with Gasteiger partial charge in [0.05, 0.1) is 0 Å². The molecule has 2 heteroatoms. The Balaban J connectivity index is 2.37. The van der Waals surface area contributed by atoms with Crippen LogP contribution in [0.5, 0.6) is 0 Å². The van der Waals surface area contributed by atoms with Gasteiger partial charge >= 0.3 is 0 Å². The van der Waals surface area contributed by atoms with E-state index in [2.05, 4.69) is 36.6 Å². The number of nitrogens with one attached hydrogen (secondary N) is 1. The standard InChI is InChI=1S/C10H16N2/c1-9-4-6-10(7-5-9)3-2-8-12-11/h4-7,12H,2-3,8,11H2,1H3. The summed E-state index contributed by atoms with van der Waals surface area (Å²) in [5, 5.41) is 0. The second kappa shape index (κ2) is 4.91. The van der Waals surface area contributed by atoms with Gasteiger partial charge in [-0.1, -0.05) is 29.8 Å². The normalized spacial score (nSPS) is 10.2. The van der Waals surface area contributed by atoms with E-state index in [1.54, 1.807) is 0 Å². The molecule has 0 bridgehead atoms. The zero-order valence-corrected chi connectivity index (χ0v) is 7.51. The van der Waals surface area contributed by atoms with Crippen molar-refractivity contribution in [3.63, 3.8) is 0 Å². The maximum absolute atomic E-state index is 5.17. The molecule has 0 aliphatic carbocycles. The largest absolute Gasteiger partial charge is 0.271 e. The number of aryl methyl sites for hydroxylation is 2. The molecule has 0 aliphatic heterocycles.